The topological polar surface area (TPSA) is 74.3 Å². The first-order valence-corrected chi connectivity index (χ1v) is 9.98. The molecule has 1 heterocycles. The van der Waals surface area contributed by atoms with Gasteiger partial charge in [-0.25, -0.2) is 13.8 Å². The second-order valence-corrected chi connectivity index (χ2v) is 7.52. The average Bonchev–Trinajstić information content (AvgIpc) is 3.18. The van der Waals surface area contributed by atoms with E-state index in [0.717, 1.165) is 12.1 Å². The van der Waals surface area contributed by atoms with E-state index in [1.54, 1.807) is 36.4 Å². The van der Waals surface area contributed by atoms with Crippen molar-refractivity contribution in [3.8, 4) is 11.3 Å². The van der Waals surface area contributed by atoms with E-state index in [-0.39, 0.29) is 18.4 Å². The Morgan fingerprint density at radius 1 is 1.10 bits per heavy atom. The number of benzene rings is 2. The maximum absolute atomic E-state index is 13.4. The van der Waals surface area contributed by atoms with E-state index >= 15 is 0 Å². The van der Waals surface area contributed by atoms with E-state index in [1.165, 1.54) is 17.4 Å². The fraction of sp³-hybridized carbons (Fsp3) is 0.190. The molecule has 0 saturated carbocycles. The molecule has 6 nitrogen and oxygen atoms in total. The van der Waals surface area contributed by atoms with Crippen molar-refractivity contribution in [1.29, 1.82) is 0 Å². The molecule has 2 N–H and O–H groups in total. The molecule has 156 valence electrons. The minimum Gasteiger partial charge on any atom is -0.325 e. The quantitative estimate of drug-likeness (QED) is 0.595. The highest BCUT2D eigenvalue weighted by molar-refractivity contribution is 7.14. The highest BCUT2D eigenvalue weighted by atomic mass is 32.1. The number of hydrogen-bond donors (Lipinski definition) is 2. The number of amides is 2. The Balaban J connectivity index is 1.56. The van der Waals surface area contributed by atoms with E-state index in [2.05, 4.69) is 15.6 Å². The van der Waals surface area contributed by atoms with Gasteiger partial charge in [0.25, 0.3) is 0 Å². The SMILES string of the molecule is CC(C(=O)Nc1nc(-c2ccc(F)c(F)c2)cs1)N(C)CC(=O)Nc1ccccc1. The van der Waals surface area contributed by atoms with Crippen LogP contribution in [0.5, 0.6) is 0 Å². The first-order valence-electron chi connectivity index (χ1n) is 9.10. The first-order chi connectivity index (χ1) is 14.3. The number of carbonyl (C=O) groups excluding carboxylic acids is 2. The van der Waals surface area contributed by atoms with Crippen LogP contribution in [0, 0.1) is 11.6 Å². The molecule has 0 spiro atoms. The van der Waals surface area contributed by atoms with Crippen LogP contribution in [0.3, 0.4) is 0 Å². The molecular weight excluding hydrogens is 410 g/mol. The third-order valence-corrected chi connectivity index (χ3v) is 5.20. The summed E-state index contributed by atoms with van der Waals surface area (Å²) in [7, 11) is 1.67. The highest BCUT2D eigenvalue weighted by Gasteiger charge is 2.21. The van der Waals surface area contributed by atoms with Crippen LogP contribution in [0.2, 0.25) is 0 Å². The van der Waals surface area contributed by atoms with Gasteiger partial charge >= 0.3 is 0 Å². The monoisotopic (exact) mass is 430 g/mol. The summed E-state index contributed by atoms with van der Waals surface area (Å²) in [6, 6.07) is 11.9. The van der Waals surface area contributed by atoms with Gasteiger partial charge in [-0.1, -0.05) is 18.2 Å². The van der Waals surface area contributed by atoms with Gasteiger partial charge < -0.3 is 10.6 Å². The fourth-order valence-corrected chi connectivity index (χ4v) is 3.34. The smallest absolute Gasteiger partial charge is 0.243 e. The van der Waals surface area contributed by atoms with E-state index in [4.69, 9.17) is 0 Å². The lowest BCUT2D eigenvalue weighted by molar-refractivity contribution is -0.122. The maximum atomic E-state index is 13.4. The van der Waals surface area contributed by atoms with Crippen molar-refractivity contribution in [1.82, 2.24) is 9.88 Å². The zero-order valence-corrected chi connectivity index (χ0v) is 17.2. The number of likely N-dealkylation sites (N-methyl/N-ethyl adjacent to an activating group) is 1. The molecule has 1 atom stereocenters. The highest BCUT2D eigenvalue weighted by Crippen LogP contribution is 2.26. The van der Waals surface area contributed by atoms with Crippen molar-refractivity contribution < 1.29 is 18.4 Å². The summed E-state index contributed by atoms with van der Waals surface area (Å²) in [6.45, 7) is 1.70. The van der Waals surface area contributed by atoms with Gasteiger partial charge in [-0.05, 0) is 44.3 Å². The Hall–Kier alpha value is -3.17. The number of rotatable bonds is 7. The van der Waals surface area contributed by atoms with Crippen LogP contribution >= 0.6 is 11.3 Å². The molecule has 1 unspecified atom stereocenters. The lowest BCUT2D eigenvalue weighted by Gasteiger charge is -2.22. The van der Waals surface area contributed by atoms with Crippen molar-refractivity contribution in [2.24, 2.45) is 0 Å². The summed E-state index contributed by atoms with van der Waals surface area (Å²) in [5, 5.41) is 7.43. The zero-order valence-electron chi connectivity index (χ0n) is 16.4. The predicted octanol–water partition coefficient (Wildman–Crippen LogP) is 3.99. The van der Waals surface area contributed by atoms with Crippen molar-refractivity contribution in [3.63, 3.8) is 0 Å². The third-order valence-electron chi connectivity index (χ3n) is 4.44. The van der Waals surface area contributed by atoms with E-state index in [1.807, 2.05) is 18.2 Å². The van der Waals surface area contributed by atoms with E-state index in [9.17, 15) is 18.4 Å². The van der Waals surface area contributed by atoms with Gasteiger partial charge in [0.1, 0.15) is 0 Å². The number of para-hydroxylation sites is 1. The van der Waals surface area contributed by atoms with Gasteiger partial charge in [-0.3, -0.25) is 14.5 Å². The molecule has 3 aromatic rings. The molecule has 2 amide bonds. The summed E-state index contributed by atoms with van der Waals surface area (Å²) in [5.41, 5.74) is 1.52. The van der Waals surface area contributed by atoms with E-state index in [0.29, 0.717) is 22.1 Å². The summed E-state index contributed by atoms with van der Waals surface area (Å²) < 4.78 is 26.5. The van der Waals surface area contributed by atoms with Gasteiger partial charge in [0.05, 0.1) is 18.3 Å². The minimum absolute atomic E-state index is 0.0292. The van der Waals surface area contributed by atoms with Crippen LogP contribution < -0.4 is 10.6 Å². The zero-order chi connectivity index (χ0) is 21.7. The van der Waals surface area contributed by atoms with Crippen LogP contribution in [0.4, 0.5) is 19.6 Å². The number of halogens is 2. The molecule has 1 aromatic heterocycles. The fourth-order valence-electron chi connectivity index (χ4n) is 2.61. The number of nitrogens with one attached hydrogen (secondary N) is 2. The molecule has 0 radical (unpaired) electrons. The summed E-state index contributed by atoms with van der Waals surface area (Å²) >= 11 is 1.17. The normalized spacial score (nSPS) is 11.9. The molecule has 0 fully saturated rings. The molecule has 0 aliphatic heterocycles. The second kappa shape index (κ2) is 9.55. The Morgan fingerprint density at radius 3 is 2.53 bits per heavy atom. The van der Waals surface area contributed by atoms with Crippen LogP contribution in [0.1, 0.15) is 6.92 Å². The van der Waals surface area contributed by atoms with Gasteiger partial charge in [-0.2, -0.15) is 0 Å². The molecule has 2 aromatic carbocycles. The summed E-state index contributed by atoms with van der Waals surface area (Å²) in [4.78, 5) is 30.5. The molecule has 0 saturated heterocycles. The van der Waals surface area contributed by atoms with Gasteiger partial charge in [0.2, 0.25) is 11.8 Å². The molecule has 9 heteroatoms. The molecule has 0 bridgehead atoms. The number of anilines is 2. The summed E-state index contributed by atoms with van der Waals surface area (Å²) in [6.07, 6.45) is 0. The molecular formula is C21H20F2N4O2S. The van der Waals surface area contributed by atoms with Crippen LogP contribution in [0.15, 0.2) is 53.9 Å². The van der Waals surface area contributed by atoms with Crippen molar-refractivity contribution in [2.45, 2.75) is 13.0 Å². The standard InChI is InChI=1S/C21H20F2N4O2S/c1-13(27(2)11-19(28)24-15-6-4-3-5-7-15)20(29)26-21-25-18(12-30-21)14-8-9-16(22)17(23)10-14/h3-10,12-13H,11H2,1-2H3,(H,24,28)(H,25,26,29). The molecule has 0 aliphatic rings. The largest absolute Gasteiger partial charge is 0.325 e. The third kappa shape index (κ3) is 5.46. The van der Waals surface area contributed by atoms with Crippen LogP contribution in [-0.2, 0) is 9.59 Å². The number of thiazole rings is 1. The molecule has 0 aliphatic carbocycles. The lowest BCUT2D eigenvalue weighted by Crippen LogP contribution is -2.43. The van der Waals surface area contributed by atoms with Gasteiger partial charge in [-0.15, -0.1) is 11.3 Å². The summed E-state index contributed by atoms with van der Waals surface area (Å²) in [5.74, 6) is -2.47. The Kier molecular flexibility index (Phi) is 6.86. The molecule has 3 rings (SSSR count). The van der Waals surface area contributed by atoms with Gasteiger partial charge in [0, 0.05) is 16.6 Å². The lowest BCUT2D eigenvalue weighted by atomic mass is 10.2. The number of nitrogens with zero attached hydrogens (tertiary/aromatic N) is 2. The van der Waals surface area contributed by atoms with E-state index < -0.39 is 17.7 Å². The number of carbonyl (C=O) groups is 2. The van der Waals surface area contributed by atoms with Crippen LogP contribution in [-0.4, -0.2) is 41.3 Å². The number of aromatic nitrogens is 1. The van der Waals surface area contributed by atoms with Crippen LogP contribution in [0.25, 0.3) is 11.3 Å². The van der Waals surface area contributed by atoms with Crippen molar-refractivity contribution in [3.05, 3.63) is 65.5 Å². The Labute approximate surface area is 176 Å². The minimum atomic E-state index is -0.963. The average molecular weight is 430 g/mol. The van der Waals surface area contributed by atoms with Gasteiger partial charge in [0.15, 0.2) is 16.8 Å². The number of hydrogen-bond acceptors (Lipinski definition) is 5. The second-order valence-electron chi connectivity index (χ2n) is 6.66. The van der Waals surface area contributed by atoms with Crippen molar-refractivity contribution in [2.75, 3.05) is 24.2 Å². The predicted molar refractivity (Wildman–Crippen MR) is 113 cm³/mol. The Bertz CT molecular complexity index is 1040. The first kappa shape index (κ1) is 21.5. The Morgan fingerprint density at radius 2 is 1.83 bits per heavy atom. The maximum Gasteiger partial charge on any atom is 0.243 e. The molecule has 30 heavy (non-hydrogen) atoms. The van der Waals surface area contributed by atoms with Crippen molar-refractivity contribution >= 4 is 34.0 Å².